The van der Waals surface area contributed by atoms with E-state index in [0.717, 1.165) is 10.7 Å². The Morgan fingerprint density at radius 1 is 1.29 bits per heavy atom. The summed E-state index contributed by atoms with van der Waals surface area (Å²) >= 11 is 5.74. The van der Waals surface area contributed by atoms with Crippen molar-refractivity contribution in [3.8, 4) is 0 Å². The molecule has 0 aromatic heterocycles. The van der Waals surface area contributed by atoms with Crippen LogP contribution in [0.5, 0.6) is 0 Å². The van der Waals surface area contributed by atoms with Crippen LogP contribution in [0.3, 0.4) is 0 Å². The van der Waals surface area contributed by atoms with Crippen molar-refractivity contribution in [3.05, 3.63) is 29.3 Å². The fraction of sp³-hybridized carbons (Fsp3) is 0.500. The smallest absolute Gasteiger partial charge is 0.243 e. The highest BCUT2D eigenvalue weighted by Gasteiger charge is 2.22. The van der Waals surface area contributed by atoms with Gasteiger partial charge in [-0.2, -0.15) is 4.31 Å². The molecule has 0 radical (unpaired) electrons. The van der Waals surface area contributed by atoms with Gasteiger partial charge in [0.05, 0.1) is 11.4 Å². The molecule has 1 amide bonds. The number of carbonyl (C=O) groups is 1. The number of sulfonamides is 1. The molecular formula is C14H21ClN2O3S. The van der Waals surface area contributed by atoms with Crippen molar-refractivity contribution in [2.75, 3.05) is 20.1 Å². The van der Waals surface area contributed by atoms with Crippen LogP contribution in [0.15, 0.2) is 29.2 Å². The number of halogens is 1. The van der Waals surface area contributed by atoms with Gasteiger partial charge < -0.3 is 5.32 Å². The first-order chi connectivity index (χ1) is 9.73. The zero-order valence-electron chi connectivity index (χ0n) is 12.5. The average molecular weight is 333 g/mol. The number of benzene rings is 1. The lowest BCUT2D eigenvalue weighted by atomic mass is 10.1. The summed E-state index contributed by atoms with van der Waals surface area (Å²) in [5, 5.41) is 3.17. The van der Waals surface area contributed by atoms with Crippen LogP contribution >= 0.6 is 11.6 Å². The summed E-state index contributed by atoms with van der Waals surface area (Å²) in [6, 6.07) is 5.85. The summed E-state index contributed by atoms with van der Waals surface area (Å²) in [5.41, 5.74) is 0. The standard InChI is InChI=1S/C14H21ClN2O3S/c1-11(2)8-9-16-14(18)10-17(3)21(19,20)13-6-4-12(15)5-7-13/h4-7,11H,8-10H2,1-3H3,(H,16,18). The summed E-state index contributed by atoms with van der Waals surface area (Å²) in [7, 11) is -2.30. The average Bonchev–Trinajstić information content (AvgIpc) is 2.38. The van der Waals surface area contributed by atoms with Gasteiger partial charge in [-0.05, 0) is 36.6 Å². The fourth-order valence-corrected chi connectivity index (χ4v) is 2.88. The van der Waals surface area contributed by atoms with Crippen molar-refractivity contribution in [2.24, 2.45) is 5.92 Å². The topological polar surface area (TPSA) is 66.5 Å². The van der Waals surface area contributed by atoms with Crippen molar-refractivity contribution in [3.63, 3.8) is 0 Å². The number of likely N-dealkylation sites (N-methyl/N-ethyl adjacent to an activating group) is 1. The van der Waals surface area contributed by atoms with Crippen LogP contribution < -0.4 is 5.32 Å². The normalized spacial score (nSPS) is 11.9. The van der Waals surface area contributed by atoms with Crippen LogP contribution in [0.25, 0.3) is 0 Å². The lowest BCUT2D eigenvalue weighted by molar-refractivity contribution is -0.121. The molecule has 7 heteroatoms. The number of nitrogens with zero attached hydrogens (tertiary/aromatic N) is 1. The monoisotopic (exact) mass is 332 g/mol. The van der Waals surface area contributed by atoms with Crippen LogP contribution in [0, 0.1) is 5.92 Å². The van der Waals surface area contributed by atoms with Crippen molar-refractivity contribution in [1.29, 1.82) is 0 Å². The van der Waals surface area contributed by atoms with E-state index < -0.39 is 10.0 Å². The Morgan fingerprint density at radius 3 is 2.38 bits per heavy atom. The first-order valence-electron chi connectivity index (χ1n) is 6.72. The molecule has 0 bridgehead atoms. The van der Waals surface area contributed by atoms with E-state index in [1.54, 1.807) is 0 Å². The van der Waals surface area contributed by atoms with E-state index in [2.05, 4.69) is 19.2 Å². The van der Waals surface area contributed by atoms with Crippen molar-refractivity contribution >= 4 is 27.5 Å². The van der Waals surface area contributed by atoms with E-state index in [0.29, 0.717) is 17.5 Å². The Balaban J connectivity index is 2.63. The Kier molecular flexibility index (Phi) is 6.64. The maximum Gasteiger partial charge on any atom is 0.243 e. The summed E-state index contributed by atoms with van der Waals surface area (Å²) in [4.78, 5) is 11.8. The second-order valence-corrected chi connectivity index (χ2v) is 7.73. The predicted molar refractivity (Wildman–Crippen MR) is 83.7 cm³/mol. The molecule has 0 heterocycles. The number of rotatable bonds is 7. The number of hydrogen-bond acceptors (Lipinski definition) is 3. The minimum Gasteiger partial charge on any atom is -0.355 e. The molecule has 0 fully saturated rings. The molecule has 1 rings (SSSR count). The van der Waals surface area contributed by atoms with Gasteiger partial charge in [0.25, 0.3) is 0 Å². The van der Waals surface area contributed by atoms with E-state index in [1.165, 1.54) is 31.3 Å². The van der Waals surface area contributed by atoms with Gasteiger partial charge in [-0.15, -0.1) is 0 Å². The predicted octanol–water partition coefficient (Wildman–Crippen LogP) is 2.12. The lowest BCUT2D eigenvalue weighted by Crippen LogP contribution is -2.38. The third-order valence-electron chi connectivity index (χ3n) is 2.93. The van der Waals surface area contributed by atoms with Gasteiger partial charge in [0, 0.05) is 18.6 Å². The zero-order chi connectivity index (χ0) is 16.0. The largest absolute Gasteiger partial charge is 0.355 e. The number of nitrogens with one attached hydrogen (secondary N) is 1. The lowest BCUT2D eigenvalue weighted by Gasteiger charge is -2.17. The summed E-state index contributed by atoms with van der Waals surface area (Å²) in [5.74, 6) is 0.177. The van der Waals surface area contributed by atoms with Crippen molar-refractivity contribution < 1.29 is 13.2 Å². The second-order valence-electron chi connectivity index (χ2n) is 5.25. The molecule has 0 unspecified atom stereocenters. The second kappa shape index (κ2) is 7.77. The van der Waals surface area contributed by atoms with Gasteiger partial charge in [0.1, 0.15) is 0 Å². The first kappa shape index (κ1) is 17.9. The van der Waals surface area contributed by atoms with E-state index in [4.69, 9.17) is 11.6 Å². The van der Waals surface area contributed by atoms with Crippen molar-refractivity contribution in [2.45, 2.75) is 25.2 Å². The van der Waals surface area contributed by atoms with Gasteiger partial charge in [-0.3, -0.25) is 4.79 Å². The molecule has 0 saturated heterocycles. The Bertz CT molecular complexity index is 570. The molecule has 0 atom stereocenters. The van der Waals surface area contributed by atoms with Crippen molar-refractivity contribution in [1.82, 2.24) is 9.62 Å². The SMILES string of the molecule is CC(C)CCNC(=O)CN(C)S(=O)(=O)c1ccc(Cl)cc1. The van der Waals surface area contributed by atoms with Gasteiger partial charge in [-0.1, -0.05) is 25.4 Å². The van der Waals surface area contributed by atoms with E-state index in [-0.39, 0.29) is 17.3 Å². The van der Waals surface area contributed by atoms with E-state index >= 15 is 0 Å². The molecule has 1 aromatic carbocycles. The Morgan fingerprint density at radius 2 is 1.86 bits per heavy atom. The maximum atomic E-state index is 12.3. The molecule has 0 aliphatic heterocycles. The Labute approximate surface area is 131 Å². The number of carbonyl (C=O) groups excluding carboxylic acids is 1. The molecule has 0 aliphatic rings. The summed E-state index contributed by atoms with van der Waals surface area (Å²) in [6.07, 6.45) is 0.861. The molecule has 5 nitrogen and oxygen atoms in total. The van der Waals surface area contributed by atoms with Crippen LogP contribution in [0.2, 0.25) is 5.02 Å². The highest BCUT2D eigenvalue weighted by atomic mass is 35.5. The molecule has 21 heavy (non-hydrogen) atoms. The maximum absolute atomic E-state index is 12.3. The first-order valence-corrected chi connectivity index (χ1v) is 8.54. The summed E-state index contributed by atoms with van der Waals surface area (Å²) in [6.45, 7) is 4.46. The van der Waals surface area contributed by atoms with Crippen LogP contribution in [0.4, 0.5) is 0 Å². The van der Waals surface area contributed by atoms with Crippen LogP contribution in [0.1, 0.15) is 20.3 Å². The molecule has 0 saturated carbocycles. The molecular weight excluding hydrogens is 312 g/mol. The molecule has 0 spiro atoms. The van der Waals surface area contributed by atoms with E-state index in [1.807, 2.05) is 0 Å². The number of hydrogen-bond donors (Lipinski definition) is 1. The van der Waals surface area contributed by atoms with Gasteiger partial charge in [-0.25, -0.2) is 8.42 Å². The minimum atomic E-state index is -3.68. The molecule has 0 aliphatic carbocycles. The quantitative estimate of drug-likeness (QED) is 0.831. The minimum absolute atomic E-state index is 0.115. The van der Waals surface area contributed by atoms with Crippen LogP contribution in [-0.4, -0.2) is 38.8 Å². The van der Waals surface area contributed by atoms with Crippen LogP contribution in [-0.2, 0) is 14.8 Å². The molecule has 118 valence electrons. The Hall–Kier alpha value is -1.11. The third kappa shape index (κ3) is 5.65. The highest BCUT2D eigenvalue weighted by Crippen LogP contribution is 2.17. The van der Waals surface area contributed by atoms with E-state index in [9.17, 15) is 13.2 Å². The molecule has 1 aromatic rings. The van der Waals surface area contributed by atoms with Gasteiger partial charge in [0.2, 0.25) is 15.9 Å². The molecule has 1 N–H and O–H groups in total. The fourth-order valence-electron chi connectivity index (χ4n) is 1.63. The van der Waals surface area contributed by atoms with Gasteiger partial charge >= 0.3 is 0 Å². The summed E-state index contributed by atoms with van der Waals surface area (Å²) < 4.78 is 25.6. The van der Waals surface area contributed by atoms with Gasteiger partial charge in [0.15, 0.2) is 0 Å². The third-order valence-corrected chi connectivity index (χ3v) is 5.00. The highest BCUT2D eigenvalue weighted by molar-refractivity contribution is 7.89. The zero-order valence-corrected chi connectivity index (χ0v) is 14.0. The number of amides is 1.